The minimum absolute atomic E-state index is 0.0665. The number of rotatable bonds is 3. The second-order valence-corrected chi connectivity index (χ2v) is 5.61. The van der Waals surface area contributed by atoms with Gasteiger partial charge in [0.2, 0.25) is 5.09 Å². The van der Waals surface area contributed by atoms with Crippen molar-refractivity contribution < 1.29 is 12.8 Å². The van der Waals surface area contributed by atoms with Crippen molar-refractivity contribution in [1.82, 2.24) is 4.72 Å². The van der Waals surface area contributed by atoms with Crippen molar-refractivity contribution in [2.75, 3.05) is 0 Å². The molecule has 1 aromatic heterocycles. The Bertz CT molecular complexity index is 442. The predicted molar refractivity (Wildman–Crippen MR) is 53.1 cm³/mol. The molecular formula is C7H9BrN2O3S. The summed E-state index contributed by atoms with van der Waals surface area (Å²) < 4.78 is 30.9. The molecule has 1 saturated carbocycles. The summed E-state index contributed by atoms with van der Waals surface area (Å²) in [6, 6.07) is 2.70. The molecule has 2 unspecified atom stereocenters. The van der Waals surface area contributed by atoms with E-state index in [4.69, 9.17) is 10.2 Å². The standard InChI is InChI=1S/C7H9BrN2O3S/c8-6-1-2-7(13-6)14(11,12)10-5-3-4(5)9/h1-2,4-5,10H,3,9H2. The van der Waals surface area contributed by atoms with Gasteiger partial charge >= 0.3 is 0 Å². The van der Waals surface area contributed by atoms with Crippen LogP contribution in [0.4, 0.5) is 0 Å². The molecule has 7 heteroatoms. The van der Waals surface area contributed by atoms with Crippen LogP contribution in [0.15, 0.2) is 26.3 Å². The number of nitrogens with one attached hydrogen (secondary N) is 1. The topological polar surface area (TPSA) is 85.3 Å². The zero-order valence-electron chi connectivity index (χ0n) is 7.10. The van der Waals surface area contributed by atoms with E-state index in [1.165, 1.54) is 12.1 Å². The summed E-state index contributed by atoms with van der Waals surface area (Å²) in [6.45, 7) is 0. The third-order valence-electron chi connectivity index (χ3n) is 1.96. The first kappa shape index (κ1) is 10.2. The first-order valence-corrected chi connectivity index (χ1v) is 6.30. The molecule has 3 N–H and O–H groups in total. The number of sulfonamides is 1. The average Bonchev–Trinajstić information content (AvgIpc) is 2.61. The van der Waals surface area contributed by atoms with Crippen LogP contribution in [0.2, 0.25) is 0 Å². The molecule has 0 aliphatic heterocycles. The molecule has 14 heavy (non-hydrogen) atoms. The molecule has 1 aromatic rings. The largest absolute Gasteiger partial charge is 0.437 e. The van der Waals surface area contributed by atoms with Gasteiger partial charge in [0.05, 0.1) is 0 Å². The summed E-state index contributed by atoms with van der Waals surface area (Å²) in [6.07, 6.45) is 0.682. The van der Waals surface area contributed by atoms with E-state index in [1.807, 2.05) is 0 Å². The van der Waals surface area contributed by atoms with Crippen LogP contribution in [0.25, 0.3) is 0 Å². The van der Waals surface area contributed by atoms with E-state index >= 15 is 0 Å². The van der Waals surface area contributed by atoms with Crippen LogP contribution in [-0.2, 0) is 10.0 Å². The van der Waals surface area contributed by atoms with E-state index in [0.29, 0.717) is 11.1 Å². The average molecular weight is 281 g/mol. The molecule has 2 rings (SSSR count). The molecule has 2 atom stereocenters. The lowest BCUT2D eigenvalue weighted by Crippen LogP contribution is -2.29. The maximum absolute atomic E-state index is 11.6. The summed E-state index contributed by atoms with van der Waals surface area (Å²) in [4.78, 5) is 0. The molecule has 0 spiro atoms. The Hall–Kier alpha value is -0.370. The minimum atomic E-state index is -3.54. The Morgan fingerprint density at radius 3 is 2.64 bits per heavy atom. The zero-order valence-corrected chi connectivity index (χ0v) is 9.51. The van der Waals surface area contributed by atoms with Gasteiger partial charge in [0, 0.05) is 12.1 Å². The molecule has 0 bridgehead atoms. The highest BCUT2D eigenvalue weighted by atomic mass is 79.9. The molecule has 0 saturated heterocycles. The second-order valence-electron chi connectivity index (χ2n) is 3.19. The molecule has 0 radical (unpaired) electrons. The Labute approximate surface area is 89.8 Å². The number of hydrogen-bond acceptors (Lipinski definition) is 4. The van der Waals surface area contributed by atoms with Gasteiger partial charge in [-0.1, -0.05) is 0 Å². The van der Waals surface area contributed by atoms with Gasteiger partial charge in [-0.15, -0.1) is 0 Å². The van der Waals surface area contributed by atoms with Gasteiger partial charge in [0.25, 0.3) is 10.0 Å². The summed E-state index contributed by atoms with van der Waals surface area (Å²) in [5.74, 6) is 0. The van der Waals surface area contributed by atoms with Crippen LogP contribution < -0.4 is 10.5 Å². The third-order valence-corrected chi connectivity index (χ3v) is 3.75. The Morgan fingerprint density at radius 2 is 2.21 bits per heavy atom. The van der Waals surface area contributed by atoms with E-state index < -0.39 is 10.0 Å². The zero-order chi connectivity index (χ0) is 10.3. The monoisotopic (exact) mass is 280 g/mol. The van der Waals surface area contributed by atoms with Crippen molar-refractivity contribution in [2.45, 2.75) is 23.6 Å². The molecule has 1 fully saturated rings. The Morgan fingerprint density at radius 1 is 1.57 bits per heavy atom. The van der Waals surface area contributed by atoms with Crippen LogP contribution in [0.3, 0.4) is 0 Å². The van der Waals surface area contributed by atoms with E-state index in [0.717, 1.165) is 0 Å². The third kappa shape index (κ3) is 2.00. The highest BCUT2D eigenvalue weighted by molar-refractivity contribution is 9.10. The highest BCUT2D eigenvalue weighted by Crippen LogP contribution is 2.23. The quantitative estimate of drug-likeness (QED) is 0.840. The van der Waals surface area contributed by atoms with Crippen LogP contribution in [0.5, 0.6) is 0 Å². The van der Waals surface area contributed by atoms with Crippen LogP contribution in [-0.4, -0.2) is 20.5 Å². The summed E-state index contributed by atoms with van der Waals surface area (Å²) >= 11 is 3.03. The lowest BCUT2D eigenvalue weighted by atomic mass is 10.7. The number of hydrogen-bond donors (Lipinski definition) is 2. The van der Waals surface area contributed by atoms with Gasteiger partial charge in [-0.25, -0.2) is 13.1 Å². The van der Waals surface area contributed by atoms with E-state index in [-0.39, 0.29) is 17.2 Å². The normalized spacial score (nSPS) is 26.4. The van der Waals surface area contributed by atoms with Gasteiger partial charge in [-0.05, 0) is 34.5 Å². The fourth-order valence-electron chi connectivity index (χ4n) is 1.05. The minimum Gasteiger partial charge on any atom is -0.437 e. The molecule has 78 valence electrons. The molecule has 1 aliphatic carbocycles. The maximum atomic E-state index is 11.6. The SMILES string of the molecule is NC1CC1NS(=O)(=O)c1ccc(Br)o1. The molecule has 0 amide bonds. The maximum Gasteiger partial charge on any atom is 0.274 e. The van der Waals surface area contributed by atoms with Crippen LogP contribution >= 0.6 is 15.9 Å². The first-order chi connectivity index (χ1) is 6.49. The number of halogens is 1. The molecule has 1 heterocycles. The summed E-state index contributed by atoms with van der Waals surface area (Å²) in [5.41, 5.74) is 5.49. The molecule has 5 nitrogen and oxygen atoms in total. The first-order valence-electron chi connectivity index (χ1n) is 4.02. The van der Waals surface area contributed by atoms with Crippen LogP contribution in [0, 0.1) is 0 Å². The van der Waals surface area contributed by atoms with Crippen molar-refractivity contribution in [3.8, 4) is 0 Å². The summed E-state index contributed by atoms with van der Waals surface area (Å²) in [7, 11) is -3.54. The van der Waals surface area contributed by atoms with Gasteiger partial charge in [-0.3, -0.25) is 0 Å². The molecule has 1 aliphatic rings. The summed E-state index contributed by atoms with van der Waals surface area (Å²) in [5, 5.41) is -0.0940. The van der Waals surface area contributed by atoms with Gasteiger partial charge < -0.3 is 10.2 Å². The van der Waals surface area contributed by atoms with Crippen molar-refractivity contribution in [3.05, 3.63) is 16.8 Å². The fourth-order valence-corrected chi connectivity index (χ4v) is 2.70. The van der Waals surface area contributed by atoms with Crippen molar-refractivity contribution >= 4 is 26.0 Å². The van der Waals surface area contributed by atoms with Crippen molar-refractivity contribution in [1.29, 1.82) is 0 Å². The van der Waals surface area contributed by atoms with Crippen molar-refractivity contribution in [3.63, 3.8) is 0 Å². The molecular weight excluding hydrogens is 272 g/mol. The Kier molecular flexibility index (Phi) is 2.42. The van der Waals surface area contributed by atoms with Gasteiger partial charge in [0.15, 0.2) is 4.67 Å². The molecule has 0 aromatic carbocycles. The number of nitrogens with two attached hydrogens (primary N) is 1. The fraction of sp³-hybridized carbons (Fsp3) is 0.429. The second kappa shape index (κ2) is 3.34. The van der Waals surface area contributed by atoms with Gasteiger partial charge in [0.1, 0.15) is 0 Å². The highest BCUT2D eigenvalue weighted by Gasteiger charge is 2.38. The number of furan rings is 1. The Balaban J connectivity index is 2.16. The van der Waals surface area contributed by atoms with Gasteiger partial charge in [-0.2, -0.15) is 0 Å². The predicted octanol–water partition coefficient (Wildman–Crippen LogP) is 0.420. The lowest BCUT2D eigenvalue weighted by Gasteiger charge is -2.01. The lowest BCUT2D eigenvalue weighted by molar-refractivity contribution is 0.428. The van der Waals surface area contributed by atoms with E-state index in [2.05, 4.69) is 20.7 Å². The smallest absolute Gasteiger partial charge is 0.274 e. The van der Waals surface area contributed by atoms with E-state index in [9.17, 15) is 8.42 Å². The van der Waals surface area contributed by atoms with Crippen LogP contribution in [0.1, 0.15) is 6.42 Å². The van der Waals surface area contributed by atoms with E-state index in [1.54, 1.807) is 0 Å². The van der Waals surface area contributed by atoms with Crippen molar-refractivity contribution in [2.24, 2.45) is 5.73 Å².